The molecule has 4 nitrogen and oxygen atoms in total. The first kappa shape index (κ1) is 10.7. The Morgan fingerprint density at radius 2 is 2.44 bits per heavy atom. The van der Waals surface area contributed by atoms with Gasteiger partial charge in [-0.3, -0.25) is 0 Å². The van der Waals surface area contributed by atoms with E-state index in [0.29, 0.717) is 16.7 Å². The molecule has 0 saturated heterocycles. The molecule has 0 unspecified atom stereocenters. The molecule has 0 radical (unpaired) electrons. The van der Waals surface area contributed by atoms with E-state index in [0.717, 1.165) is 11.3 Å². The van der Waals surface area contributed by atoms with Gasteiger partial charge in [-0.2, -0.15) is 5.26 Å². The molecule has 2 heterocycles. The first-order valence-corrected chi connectivity index (χ1v) is 5.67. The molecule has 0 fully saturated rings. The number of hydrogen-bond donors (Lipinski definition) is 0. The van der Waals surface area contributed by atoms with Crippen LogP contribution in [0.25, 0.3) is 0 Å². The highest BCUT2D eigenvalue weighted by Crippen LogP contribution is 2.22. The monoisotopic (exact) mass is 231 g/mol. The van der Waals surface area contributed by atoms with Crippen molar-refractivity contribution in [2.75, 3.05) is 0 Å². The maximum absolute atomic E-state index is 8.86. The van der Waals surface area contributed by atoms with Crippen LogP contribution >= 0.6 is 11.8 Å². The third kappa shape index (κ3) is 2.41. The molecule has 0 atom stereocenters. The van der Waals surface area contributed by atoms with Crippen LogP contribution in [0.15, 0.2) is 34.2 Å². The van der Waals surface area contributed by atoms with Crippen LogP contribution in [-0.4, -0.2) is 9.97 Å². The van der Waals surface area contributed by atoms with Crippen molar-refractivity contribution < 1.29 is 4.42 Å². The quantitative estimate of drug-likeness (QED) is 0.759. The number of aromatic nitrogens is 2. The maximum atomic E-state index is 8.86. The summed E-state index contributed by atoms with van der Waals surface area (Å²) >= 11 is 1.45. The fourth-order valence-corrected chi connectivity index (χ4v) is 2.03. The predicted molar refractivity (Wildman–Crippen MR) is 59.8 cm³/mol. The lowest BCUT2D eigenvalue weighted by atomic mass is 10.2. The van der Waals surface area contributed by atoms with E-state index in [-0.39, 0.29) is 0 Å². The van der Waals surface area contributed by atoms with Crippen molar-refractivity contribution in [3.63, 3.8) is 0 Å². The second-order valence-electron chi connectivity index (χ2n) is 3.17. The molecule has 16 heavy (non-hydrogen) atoms. The minimum absolute atomic E-state index is 0.457. The van der Waals surface area contributed by atoms with E-state index in [2.05, 4.69) is 16.0 Å². The van der Waals surface area contributed by atoms with Crippen molar-refractivity contribution in [2.24, 2.45) is 0 Å². The minimum Gasteiger partial charge on any atom is -0.440 e. The molecule has 2 aromatic rings. The Hall–Kier alpha value is -1.80. The average Bonchev–Trinajstić information content (AvgIpc) is 2.73. The normalized spacial score (nSPS) is 10.0. The van der Waals surface area contributed by atoms with E-state index in [1.54, 1.807) is 12.5 Å². The fourth-order valence-electron chi connectivity index (χ4n) is 1.19. The van der Waals surface area contributed by atoms with Crippen LogP contribution in [0.2, 0.25) is 0 Å². The molecular weight excluding hydrogens is 222 g/mol. The van der Waals surface area contributed by atoms with Crippen molar-refractivity contribution in [1.29, 1.82) is 5.26 Å². The third-order valence-corrected chi connectivity index (χ3v) is 2.84. The number of rotatable bonds is 3. The van der Waals surface area contributed by atoms with Gasteiger partial charge in [0.05, 0.1) is 5.69 Å². The van der Waals surface area contributed by atoms with Crippen LogP contribution in [0.3, 0.4) is 0 Å². The zero-order chi connectivity index (χ0) is 11.4. The van der Waals surface area contributed by atoms with Gasteiger partial charge in [0.25, 0.3) is 5.22 Å². The summed E-state index contributed by atoms with van der Waals surface area (Å²) in [6.07, 6.45) is 3.22. The second kappa shape index (κ2) is 4.81. The lowest BCUT2D eigenvalue weighted by Crippen LogP contribution is -1.90. The Morgan fingerprint density at radius 1 is 1.56 bits per heavy atom. The van der Waals surface area contributed by atoms with Gasteiger partial charge in [0, 0.05) is 11.9 Å². The summed E-state index contributed by atoms with van der Waals surface area (Å²) in [5.41, 5.74) is 2.21. The highest BCUT2D eigenvalue weighted by molar-refractivity contribution is 7.98. The Kier molecular flexibility index (Phi) is 3.22. The first-order chi connectivity index (χ1) is 7.79. The van der Waals surface area contributed by atoms with E-state index in [1.807, 2.05) is 19.1 Å². The van der Waals surface area contributed by atoms with Gasteiger partial charge in [0.2, 0.25) is 0 Å². The van der Waals surface area contributed by atoms with Crippen molar-refractivity contribution >= 4 is 11.8 Å². The Labute approximate surface area is 97.3 Å². The second-order valence-corrected chi connectivity index (χ2v) is 4.09. The molecule has 0 aromatic carbocycles. The van der Waals surface area contributed by atoms with Crippen LogP contribution in [0.1, 0.15) is 17.0 Å². The molecule has 0 aliphatic heterocycles. The van der Waals surface area contributed by atoms with Crippen LogP contribution in [0.4, 0.5) is 0 Å². The van der Waals surface area contributed by atoms with E-state index < -0.39 is 0 Å². The van der Waals surface area contributed by atoms with E-state index in [4.69, 9.17) is 9.68 Å². The first-order valence-electron chi connectivity index (χ1n) is 4.68. The Balaban J connectivity index is 2.08. The Bertz CT molecular complexity index is 530. The SMILES string of the molecule is Cc1coc(SCc2cccnc2C#N)n1. The van der Waals surface area contributed by atoms with Gasteiger partial charge in [-0.05, 0) is 18.6 Å². The lowest BCUT2D eigenvalue weighted by molar-refractivity contribution is 0.454. The maximum Gasteiger partial charge on any atom is 0.256 e. The van der Waals surface area contributed by atoms with Crippen LogP contribution in [0, 0.1) is 18.3 Å². The molecule has 0 saturated carbocycles. The molecule has 2 rings (SSSR count). The summed E-state index contributed by atoms with van der Waals surface area (Å²) in [7, 11) is 0. The zero-order valence-corrected chi connectivity index (χ0v) is 9.49. The van der Waals surface area contributed by atoms with Gasteiger partial charge in [-0.15, -0.1) is 0 Å². The molecule has 0 amide bonds. The summed E-state index contributed by atoms with van der Waals surface area (Å²) in [6.45, 7) is 1.87. The lowest BCUT2D eigenvalue weighted by Gasteiger charge is -1.99. The highest BCUT2D eigenvalue weighted by atomic mass is 32.2. The number of aryl methyl sites for hydroxylation is 1. The van der Waals surface area contributed by atoms with Gasteiger partial charge in [-0.25, -0.2) is 9.97 Å². The number of nitrogens with zero attached hydrogens (tertiary/aromatic N) is 3. The molecular formula is C11H9N3OS. The number of oxazole rings is 1. The zero-order valence-electron chi connectivity index (χ0n) is 8.67. The van der Waals surface area contributed by atoms with Gasteiger partial charge >= 0.3 is 0 Å². The van der Waals surface area contributed by atoms with Crippen molar-refractivity contribution in [3.05, 3.63) is 41.5 Å². The van der Waals surface area contributed by atoms with Crippen LogP contribution in [-0.2, 0) is 5.75 Å². The van der Waals surface area contributed by atoms with Crippen molar-refractivity contribution in [3.8, 4) is 6.07 Å². The minimum atomic E-state index is 0.457. The molecule has 80 valence electrons. The molecule has 0 aliphatic rings. The van der Waals surface area contributed by atoms with Gasteiger partial charge < -0.3 is 4.42 Å². The number of hydrogen-bond acceptors (Lipinski definition) is 5. The standard InChI is InChI=1S/C11H9N3OS/c1-8-6-15-11(14-8)16-7-9-3-2-4-13-10(9)5-12/h2-4,6H,7H2,1H3. The van der Waals surface area contributed by atoms with Crippen LogP contribution in [0.5, 0.6) is 0 Å². The van der Waals surface area contributed by atoms with Crippen molar-refractivity contribution in [1.82, 2.24) is 9.97 Å². The molecule has 5 heteroatoms. The average molecular weight is 231 g/mol. The topological polar surface area (TPSA) is 62.7 Å². The van der Waals surface area contributed by atoms with E-state index in [9.17, 15) is 0 Å². The number of nitriles is 1. The summed E-state index contributed by atoms with van der Waals surface area (Å²) in [5, 5.41) is 9.47. The predicted octanol–water partition coefficient (Wildman–Crippen LogP) is 2.54. The van der Waals surface area contributed by atoms with Crippen LogP contribution < -0.4 is 0 Å². The summed E-state index contributed by atoms with van der Waals surface area (Å²) in [4.78, 5) is 8.16. The number of thioether (sulfide) groups is 1. The van der Waals surface area contributed by atoms with Gasteiger partial charge in [0.15, 0.2) is 0 Å². The molecule has 0 bridgehead atoms. The van der Waals surface area contributed by atoms with E-state index in [1.165, 1.54) is 11.8 Å². The Morgan fingerprint density at radius 3 is 3.12 bits per heavy atom. The molecule has 2 aromatic heterocycles. The summed E-state index contributed by atoms with van der Waals surface area (Å²) < 4.78 is 5.21. The van der Waals surface area contributed by atoms with Crippen molar-refractivity contribution in [2.45, 2.75) is 17.9 Å². The summed E-state index contributed by atoms with van der Waals surface area (Å²) in [6, 6.07) is 5.76. The third-order valence-electron chi connectivity index (χ3n) is 1.95. The highest BCUT2D eigenvalue weighted by Gasteiger charge is 2.06. The molecule has 0 spiro atoms. The van der Waals surface area contributed by atoms with E-state index >= 15 is 0 Å². The fraction of sp³-hybridized carbons (Fsp3) is 0.182. The molecule has 0 aliphatic carbocycles. The van der Waals surface area contributed by atoms with Gasteiger partial charge in [0.1, 0.15) is 18.0 Å². The number of pyridine rings is 1. The smallest absolute Gasteiger partial charge is 0.256 e. The molecule has 0 N–H and O–H groups in total. The van der Waals surface area contributed by atoms with Gasteiger partial charge in [-0.1, -0.05) is 17.8 Å². The summed E-state index contributed by atoms with van der Waals surface area (Å²) in [5.74, 6) is 0.636. The largest absolute Gasteiger partial charge is 0.440 e.